The number of nitrogens with one attached hydrogen (secondary N) is 4. The van der Waals surface area contributed by atoms with Gasteiger partial charge in [0.1, 0.15) is 12.1 Å². The van der Waals surface area contributed by atoms with Gasteiger partial charge < -0.3 is 37.3 Å². The fraction of sp³-hybridized carbons (Fsp3) is 0.447. The maximum absolute atomic E-state index is 14.4. The van der Waals surface area contributed by atoms with Crippen LogP contribution in [-0.2, 0) is 33.9 Å². The molecule has 3 amide bonds. The lowest BCUT2D eigenvalue weighted by atomic mass is 9.99. The number of rotatable bonds is 11. The molecule has 2 heterocycles. The van der Waals surface area contributed by atoms with E-state index >= 15 is 0 Å². The smallest absolute Gasteiger partial charge is 0.245 e. The van der Waals surface area contributed by atoms with Gasteiger partial charge >= 0.3 is 0 Å². The molecule has 276 valence electrons. The van der Waals surface area contributed by atoms with Gasteiger partial charge in [0, 0.05) is 52.7 Å². The van der Waals surface area contributed by atoms with Gasteiger partial charge in [0.25, 0.3) is 0 Å². The summed E-state index contributed by atoms with van der Waals surface area (Å²) in [6.07, 6.45) is 9.98. The van der Waals surface area contributed by atoms with Crippen LogP contribution < -0.4 is 27.4 Å². The summed E-state index contributed by atoms with van der Waals surface area (Å²) < 4.78 is 0.737. The number of hydrogen-bond donors (Lipinski definition) is 6. The zero-order valence-electron chi connectivity index (χ0n) is 29.7. The van der Waals surface area contributed by atoms with E-state index in [0.717, 1.165) is 48.6 Å². The Hall–Kier alpha value is -3.13. The maximum Gasteiger partial charge on any atom is 0.245 e. The molecule has 1 aliphatic heterocycles. The van der Waals surface area contributed by atoms with E-state index in [1.807, 2.05) is 49.5 Å². The molecule has 3 unspecified atom stereocenters. The first-order chi connectivity index (χ1) is 24.6. The van der Waals surface area contributed by atoms with Crippen LogP contribution in [0.5, 0.6) is 0 Å². The Morgan fingerprint density at radius 3 is 2.47 bits per heavy atom. The molecule has 1 aromatic heterocycles. The van der Waals surface area contributed by atoms with Gasteiger partial charge in [-0.2, -0.15) is 0 Å². The van der Waals surface area contributed by atoms with Crippen molar-refractivity contribution in [1.29, 1.82) is 0 Å². The predicted molar refractivity (Wildman–Crippen MR) is 210 cm³/mol. The number of aromatic nitrogens is 1. The lowest BCUT2D eigenvalue weighted by Crippen LogP contribution is -2.57. The molecular formula is C38H51BrClN7O3S. The minimum Gasteiger partial charge on any atom is -0.364 e. The van der Waals surface area contributed by atoms with Crippen LogP contribution in [0.1, 0.15) is 73.4 Å². The highest BCUT2D eigenvalue weighted by molar-refractivity contribution is 9.10. The van der Waals surface area contributed by atoms with Gasteiger partial charge in [-0.05, 0) is 109 Å². The molecular weight excluding hydrogens is 750 g/mol. The number of unbranched alkanes of at least 4 members (excludes halogenated alkanes) is 1. The second kappa shape index (κ2) is 20.2. The topological polar surface area (TPSA) is 158 Å². The fourth-order valence-corrected chi connectivity index (χ4v) is 8.00. The molecule has 0 aliphatic carbocycles. The largest absolute Gasteiger partial charge is 0.364 e. The Balaban J connectivity index is 1.81. The van der Waals surface area contributed by atoms with Crippen molar-refractivity contribution < 1.29 is 14.4 Å². The van der Waals surface area contributed by atoms with Crippen molar-refractivity contribution in [3.8, 4) is 0 Å². The Bertz CT molecular complexity index is 1680. The van der Waals surface area contributed by atoms with Crippen LogP contribution in [0.3, 0.4) is 0 Å². The van der Waals surface area contributed by atoms with E-state index in [2.05, 4.69) is 55.9 Å². The van der Waals surface area contributed by atoms with E-state index in [0.29, 0.717) is 56.8 Å². The summed E-state index contributed by atoms with van der Waals surface area (Å²) in [5.74, 6) is -0.943. The number of halogens is 2. The molecule has 1 aliphatic rings. The highest BCUT2D eigenvalue weighted by atomic mass is 79.9. The quantitative estimate of drug-likeness (QED) is 0.133. The number of carbonyl (C=O) groups excluding carboxylic acids is 3. The zero-order chi connectivity index (χ0) is 36.9. The summed E-state index contributed by atoms with van der Waals surface area (Å²) in [6, 6.07) is 9.44. The summed E-state index contributed by atoms with van der Waals surface area (Å²) in [5, 5.41) is 10.2. The molecule has 0 radical (unpaired) electrons. The first-order valence-corrected chi connectivity index (χ1v) is 19.6. The zero-order valence-corrected chi connectivity index (χ0v) is 32.9. The lowest BCUT2D eigenvalue weighted by Gasteiger charge is -2.32. The number of H-pyrrole nitrogens is 1. The van der Waals surface area contributed by atoms with Crippen molar-refractivity contribution in [1.82, 2.24) is 25.8 Å². The number of nitrogens with zero attached hydrogens (tertiary/aromatic N) is 1. The molecule has 0 saturated carbocycles. The Morgan fingerprint density at radius 2 is 1.73 bits per heavy atom. The van der Waals surface area contributed by atoms with Crippen molar-refractivity contribution in [3.05, 3.63) is 86.1 Å². The van der Waals surface area contributed by atoms with Crippen molar-refractivity contribution >= 4 is 63.1 Å². The molecule has 3 aromatic rings. The third kappa shape index (κ3) is 10.9. The van der Waals surface area contributed by atoms with Gasteiger partial charge in [0.2, 0.25) is 17.7 Å². The van der Waals surface area contributed by atoms with Crippen molar-refractivity contribution in [2.24, 2.45) is 11.5 Å². The second-order valence-electron chi connectivity index (χ2n) is 12.8. The molecule has 4 rings (SSSR count). The van der Waals surface area contributed by atoms with E-state index in [-0.39, 0.29) is 30.7 Å². The van der Waals surface area contributed by atoms with E-state index in [1.54, 1.807) is 7.05 Å². The SMILES string of the molecule is CC/C=C\c1c(CC2C(=O)NCc3ccc(Br)c(Cl)c3Sc3ccccc3CNC(CCCN)C(=O)NC(CCCCN)C(=O)N2C)c[nH]c1C. The second-order valence-corrected chi connectivity index (χ2v) is 15.1. The molecule has 13 heteroatoms. The van der Waals surface area contributed by atoms with E-state index in [9.17, 15) is 14.4 Å². The first kappa shape index (κ1) is 40.6. The molecule has 8 N–H and O–H groups in total. The van der Waals surface area contributed by atoms with Crippen LogP contribution in [0.2, 0.25) is 5.02 Å². The Labute approximate surface area is 319 Å². The standard InChI is InChI=1S/C38H51BrClN7O3S/c1-4-5-12-28-24(2)43-23-27(28)20-32-37(49)45-22-26-16-17-29(39)34(40)35(26)51-33-15-7-6-11-25(33)21-44-30(14-10-19-42)36(48)46-31(13-8-9-18-41)38(50)47(32)3/h5-7,11-12,15-17,23,30-32,43-44H,4,8-10,13-14,18-22,41-42H2,1-3H3,(H,45,49)(H,46,48)/b12-5-. The Kier molecular flexibility index (Phi) is 16.1. The third-order valence-electron chi connectivity index (χ3n) is 9.15. The minimum atomic E-state index is -0.875. The number of nitrogens with two attached hydrogens (primary N) is 2. The average Bonchev–Trinajstić information content (AvgIpc) is 3.48. The van der Waals surface area contributed by atoms with Gasteiger partial charge in [0.05, 0.1) is 11.1 Å². The molecule has 0 saturated heterocycles. The van der Waals surface area contributed by atoms with Crippen molar-refractivity contribution in [2.75, 3.05) is 20.1 Å². The van der Waals surface area contributed by atoms with Crippen molar-refractivity contribution in [3.63, 3.8) is 0 Å². The first-order valence-electron chi connectivity index (χ1n) is 17.6. The monoisotopic (exact) mass is 799 g/mol. The average molecular weight is 801 g/mol. The maximum atomic E-state index is 14.4. The van der Waals surface area contributed by atoms with Gasteiger partial charge in [-0.15, -0.1) is 0 Å². The molecule has 0 fully saturated rings. The number of allylic oxidation sites excluding steroid dienone is 1. The van der Waals surface area contributed by atoms with Crippen molar-refractivity contribution in [2.45, 2.75) is 99.8 Å². The lowest BCUT2D eigenvalue weighted by molar-refractivity contribution is -0.142. The molecule has 51 heavy (non-hydrogen) atoms. The summed E-state index contributed by atoms with van der Waals surface area (Å²) in [5.41, 5.74) is 16.4. The van der Waals surface area contributed by atoms with Crippen LogP contribution >= 0.6 is 39.3 Å². The number of benzene rings is 2. The summed E-state index contributed by atoms with van der Waals surface area (Å²) in [7, 11) is 1.64. The third-order valence-corrected chi connectivity index (χ3v) is 11.8. The molecule has 3 atom stereocenters. The number of amides is 3. The van der Waals surface area contributed by atoms with Crippen LogP contribution in [-0.4, -0.2) is 65.9 Å². The molecule has 0 bridgehead atoms. The van der Waals surface area contributed by atoms with Gasteiger partial charge in [0.15, 0.2) is 0 Å². The molecule has 2 aromatic carbocycles. The van der Waals surface area contributed by atoms with Gasteiger partial charge in [-0.3, -0.25) is 14.4 Å². The highest BCUT2D eigenvalue weighted by Gasteiger charge is 2.34. The minimum absolute atomic E-state index is 0.194. The number of carbonyl (C=O) groups is 3. The highest BCUT2D eigenvalue weighted by Crippen LogP contribution is 2.41. The summed E-state index contributed by atoms with van der Waals surface area (Å²) in [4.78, 5) is 49.2. The number of hydrogen-bond acceptors (Lipinski definition) is 7. The summed E-state index contributed by atoms with van der Waals surface area (Å²) in [6.45, 7) is 5.55. The molecule has 10 nitrogen and oxygen atoms in total. The van der Waals surface area contributed by atoms with Crippen LogP contribution in [0, 0.1) is 6.92 Å². The van der Waals surface area contributed by atoms with E-state index in [1.165, 1.54) is 16.7 Å². The number of fused-ring (bicyclic) bond motifs is 2. The predicted octanol–water partition coefficient (Wildman–Crippen LogP) is 5.82. The normalized spacial score (nSPS) is 19.4. The van der Waals surface area contributed by atoms with Gasteiger partial charge in [-0.25, -0.2) is 0 Å². The fourth-order valence-electron chi connectivity index (χ4n) is 6.13. The number of aryl methyl sites for hydroxylation is 1. The van der Waals surface area contributed by atoms with E-state index in [4.69, 9.17) is 23.1 Å². The van der Waals surface area contributed by atoms with Gasteiger partial charge in [-0.1, -0.05) is 66.7 Å². The number of aromatic amines is 1. The summed E-state index contributed by atoms with van der Waals surface area (Å²) >= 11 is 12.0. The van der Waals surface area contributed by atoms with Crippen LogP contribution in [0.4, 0.5) is 0 Å². The van der Waals surface area contributed by atoms with Crippen LogP contribution in [0.25, 0.3) is 6.08 Å². The van der Waals surface area contributed by atoms with Crippen LogP contribution in [0.15, 0.2) is 62.9 Å². The molecule has 0 spiro atoms. The number of likely N-dealkylation sites (N-methyl/N-ethyl adjacent to an activating group) is 1. The van der Waals surface area contributed by atoms with E-state index < -0.39 is 18.1 Å². The Morgan fingerprint density at radius 1 is 0.980 bits per heavy atom.